The Morgan fingerprint density at radius 3 is 2.81 bits per heavy atom. The van der Waals surface area contributed by atoms with E-state index in [0.29, 0.717) is 34.9 Å². The molecule has 0 unspecified atom stereocenters. The first kappa shape index (κ1) is 13.6. The number of rotatable bonds is 4. The second kappa shape index (κ2) is 5.93. The first-order valence-electron chi connectivity index (χ1n) is 6.45. The van der Waals surface area contributed by atoms with Crippen molar-refractivity contribution >= 4 is 11.6 Å². The van der Waals surface area contributed by atoms with Crippen LogP contribution in [0.3, 0.4) is 0 Å². The molecule has 0 aliphatic heterocycles. The molecule has 0 amide bonds. The highest BCUT2D eigenvalue weighted by molar-refractivity contribution is 6.30. The second-order valence-corrected chi connectivity index (χ2v) is 4.65. The summed E-state index contributed by atoms with van der Waals surface area (Å²) in [6.07, 6.45) is 1.66. The smallest absolute Gasteiger partial charge is 0.253 e. The summed E-state index contributed by atoms with van der Waals surface area (Å²) in [5.41, 5.74) is 1.43. The van der Waals surface area contributed by atoms with E-state index in [0.717, 1.165) is 5.56 Å². The molecule has 3 rings (SSSR count). The van der Waals surface area contributed by atoms with E-state index in [1.807, 2.05) is 25.1 Å². The summed E-state index contributed by atoms with van der Waals surface area (Å²) in [4.78, 5) is 4.17. The number of nitrogens with zero attached hydrogens (tertiary/aromatic N) is 3. The third kappa shape index (κ3) is 2.87. The van der Waals surface area contributed by atoms with E-state index in [4.69, 9.17) is 20.8 Å². The van der Waals surface area contributed by atoms with Crippen LogP contribution >= 0.6 is 11.6 Å². The number of aromatic nitrogens is 3. The minimum atomic E-state index is 0.363. The van der Waals surface area contributed by atoms with Crippen LogP contribution < -0.4 is 4.74 Å². The molecule has 106 valence electrons. The lowest BCUT2D eigenvalue weighted by molar-refractivity contribution is 0.327. The van der Waals surface area contributed by atoms with E-state index in [-0.39, 0.29) is 0 Å². The Morgan fingerprint density at radius 2 is 2.00 bits per heavy atom. The maximum absolute atomic E-state index is 5.97. The molecule has 0 saturated carbocycles. The van der Waals surface area contributed by atoms with E-state index >= 15 is 0 Å². The van der Waals surface area contributed by atoms with E-state index in [1.54, 1.807) is 24.4 Å². The monoisotopic (exact) mass is 301 g/mol. The molecule has 21 heavy (non-hydrogen) atoms. The van der Waals surface area contributed by atoms with Gasteiger partial charge in [0.2, 0.25) is 11.8 Å². The number of hydrogen-bond acceptors (Lipinski definition) is 5. The third-order valence-electron chi connectivity index (χ3n) is 2.78. The standard InChI is InChI=1S/C15H12ClN3O2/c1-2-20-14-12(7-4-8-17-14)15-19-18-13(21-15)10-5-3-6-11(16)9-10/h3-9H,2H2,1H3. The predicted octanol–water partition coefficient (Wildman–Crippen LogP) is 3.85. The molecule has 2 heterocycles. The van der Waals surface area contributed by atoms with Gasteiger partial charge in [0.25, 0.3) is 5.89 Å². The normalized spacial score (nSPS) is 10.6. The van der Waals surface area contributed by atoms with Gasteiger partial charge in [-0.05, 0) is 37.3 Å². The number of ether oxygens (including phenoxy) is 1. The van der Waals surface area contributed by atoms with E-state index in [1.165, 1.54) is 0 Å². The van der Waals surface area contributed by atoms with Gasteiger partial charge in [0, 0.05) is 16.8 Å². The molecule has 5 nitrogen and oxygen atoms in total. The summed E-state index contributed by atoms with van der Waals surface area (Å²) < 4.78 is 11.2. The molecule has 0 bridgehead atoms. The topological polar surface area (TPSA) is 61.0 Å². The van der Waals surface area contributed by atoms with E-state index < -0.39 is 0 Å². The van der Waals surface area contributed by atoms with Crippen LogP contribution in [0.5, 0.6) is 5.88 Å². The summed E-state index contributed by atoms with van der Waals surface area (Å²) in [5.74, 6) is 1.24. The minimum absolute atomic E-state index is 0.363. The van der Waals surface area contributed by atoms with E-state index in [9.17, 15) is 0 Å². The molecular formula is C15H12ClN3O2. The summed E-state index contributed by atoms with van der Waals surface area (Å²) in [5, 5.41) is 8.72. The maximum Gasteiger partial charge on any atom is 0.253 e. The van der Waals surface area contributed by atoms with Gasteiger partial charge in [-0.15, -0.1) is 10.2 Å². The second-order valence-electron chi connectivity index (χ2n) is 4.21. The fraction of sp³-hybridized carbons (Fsp3) is 0.133. The van der Waals surface area contributed by atoms with Crippen LogP contribution in [0.2, 0.25) is 5.02 Å². The van der Waals surface area contributed by atoms with Crippen LogP contribution in [-0.4, -0.2) is 21.8 Å². The van der Waals surface area contributed by atoms with Crippen molar-refractivity contribution in [2.24, 2.45) is 0 Å². The zero-order chi connectivity index (χ0) is 14.7. The number of benzene rings is 1. The van der Waals surface area contributed by atoms with Crippen LogP contribution in [0.4, 0.5) is 0 Å². The Hall–Kier alpha value is -2.40. The lowest BCUT2D eigenvalue weighted by Crippen LogP contribution is -1.96. The van der Waals surface area contributed by atoms with Gasteiger partial charge in [0.05, 0.1) is 6.61 Å². The van der Waals surface area contributed by atoms with Crippen molar-refractivity contribution in [1.82, 2.24) is 15.2 Å². The van der Waals surface area contributed by atoms with Crippen molar-refractivity contribution in [3.05, 3.63) is 47.6 Å². The molecule has 0 radical (unpaired) electrons. The van der Waals surface area contributed by atoms with Gasteiger partial charge in [0.15, 0.2) is 0 Å². The Balaban J connectivity index is 1.99. The van der Waals surface area contributed by atoms with Crippen molar-refractivity contribution in [1.29, 1.82) is 0 Å². The largest absolute Gasteiger partial charge is 0.477 e. The molecule has 0 N–H and O–H groups in total. The van der Waals surface area contributed by atoms with Gasteiger partial charge in [-0.1, -0.05) is 17.7 Å². The van der Waals surface area contributed by atoms with Gasteiger partial charge in [-0.25, -0.2) is 4.98 Å². The van der Waals surface area contributed by atoms with Gasteiger partial charge >= 0.3 is 0 Å². The van der Waals surface area contributed by atoms with Crippen molar-refractivity contribution in [3.63, 3.8) is 0 Å². The van der Waals surface area contributed by atoms with Crippen molar-refractivity contribution in [3.8, 4) is 28.8 Å². The average Bonchev–Trinajstić information content (AvgIpc) is 2.98. The van der Waals surface area contributed by atoms with E-state index in [2.05, 4.69) is 15.2 Å². The summed E-state index contributed by atoms with van der Waals surface area (Å²) >= 11 is 5.97. The lowest BCUT2D eigenvalue weighted by Gasteiger charge is -2.04. The molecule has 0 atom stereocenters. The Bertz CT molecular complexity index is 758. The Labute approximate surface area is 126 Å². The summed E-state index contributed by atoms with van der Waals surface area (Å²) in [6.45, 7) is 2.41. The van der Waals surface area contributed by atoms with Gasteiger partial charge in [0.1, 0.15) is 5.56 Å². The molecule has 0 fully saturated rings. The zero-order valence-corrected chi connectivity index (χ0v) is 12.0. The van der Waals surface area contributed by atoms with Crippen molar-refractivity contribution in [2.45, 2.75) is 6.92 Å². The molecule has 2 aromatic heterocycles. The predicted molar refractivity (Wildman–Crippen MR) is 79.1 cm³/mol. The highest BCUT2D eigenvalue weighted by atomic mass is 35.5. The molecule has 0 aliphatic carbocycles. The number of pyridine rings is 1. The molecule has 3 aromatic rings. The van der Waals surface area contributed by atoms with Crippen LogP contribution in [0.1, 0.15) is 6.92 Å². The molecule has 0 aliphatic rings. The van der Waals surface area contributed by atoms with Gasteiger partial charge in [-0.2, -0.15) is 0 Å². The average molecular weight is 302 g/mol. The first-order valence-corrected chi connectivity index (χ1v) is 6.83. The van der Waals surface area contributed by atoms with Crippen LogP contribution in [0.25, 0.3) is 22.9 Å². The first-order chi connectivity index (χ1) is 10.3. The van der Waals surface area contributed by atoms with Crippen molar-refractivity contribution < 1.29 is 9.15 Å². The van der Waals surface area contributed by atoms with Crippen LogP contribution in [-0.2, 0) is 0 Å². The van der Waals surface area contributed by atoms with Gasteiger partial charge < -0.3 is 9.15 Å². The Kier molecular flexibility index (Phi) is 3.83. The number of halogens is 1. The molecule has 0 saturated heterocycles. The zero-order valence-electron chi connectivity index (χ0n) is 11.3. The Morgan fingerprint density at radius 1 is 1.14 bits per heavy atom. The molecule has 6 heteroatoms. The van der Waals surface area contributed by atoms with Crippen LogP contribution in [0, 0.1) is 0 Å². The van der Waals surface area contributed by atoms with Gasteiger partial charge in [-0.3, -0.25) is 0 Å². The minimum Gasteiger partial charge on any atom is -0.477 e. The SMILES string of the molecule is CCOc1ncccc1-c1nnc(-c2cccc(Cl)c2)o1. The summed E-state index contributed by atoms with van der Waals surface area (Å²) in [7, 11) is 0. The lowest BCUT2D eigenvalue weighted by atomic mass is 10.2. The molecular weight excluding hydrogens is 290 g/mol. The fourth-order valence-electron chi connectivity index (χ4n) is 1.88. The number of hydrogen-bond donors (Lipinski definition) is 0. The van der Waals surface area contributed by atoms with Crippen molar-refractivity contribution in [2.75, 3.05) is 6.61 Å². The fourth-order valence-corrected chi connectivity index (χ4v) is 2.07. The quantitative estimate of drug-likeness (QED) is 0.732. The van der Waals surface area contributed by atoms with Crippen LogP contribution in [0.15, 0.2) is 47.0 Å². The molecule has 0 spiro atoms. The summed E-state index contributed by atoms with van der Waals surface area (Å²) in [6, 6.07) is 10.9. The highest BCUT2D eigenvalue weighted by Crippen LogP contribution is 2.29. The molecule has 1 aromatic carbocycles. The highest BCUT2D eigenvalue weighted by Gasteiger charge is 2.15. The maximum atomic E-state index is 5.97. The third-order valence-corrected chi connectivity index (χ3v) is 3.01.